The molecule has 0 aliphatic carbocycles. The van der Waals surface area contributed by atoms with Crippen LogP contribution in [0.5, 0.6) is 5.75 Å². The summed E-state index contributed by atoms with van der Waals surface area (Å²) in [4.78, 5) is 25.1. The highest BCUT2D eigenvalue weighted by Gasteiger charge is 2.12. The number of hydrogen-bond acceptors (Lipinski definition) is 4. The van der Waals surface area contributed by atoms with Crippen LogP contribution < -0.4 is 20.7 Å². The topological polar surface area (TPSA) is 79.5 Å². The predicted octanol–water partition coefficient (Wildman–Crippen LogP) is 6.45. The van der Waals surface area contributed by atoms with Gasteiger partial charge in [0.2, 0.25) is 0 Å². The van der Waals surface area contributed by atoms with E-state index in [2.05, 4.69) is 44.0 Å². The molecule has 0 heterocycles. The molecule has 0 aliphatic rings. The van der Waals surface area contributed by atoms with Gasteiger partial charge in [0.1, 0.15) is 5.75 Å². The molecule has 6 nitrogen and oxygen atoms in total. The van der Waals surface area contributed by atoms with Crippen LogP contribution >= 0.6 is 28.1 Å². The molecule has 186 valence electrons. The quantitative estimate of drug-likeness (QED) is 0.211. The maximum atomic E-state index is 12.7. The van der Waals surface area contributed by atoms with Crippen LogP contribution in [0, 0.1) is 0 Å². The lowest BCUT2D eigenvalue weighted by Gasteiger charge is -2.13. The molecule has 0 bridgehead atoms. The number of rotatable bonds is 8. The number of thiocarbonyl (C=S) groups is 1. The van der Waals surface area contributed by atoms with Crippen LogP contribution in [0.25, 0.3) is 0 Å². The van der Waals surface area contributed by atoms with Gasteiger partial charge in [0.05, 0.1) is 11.1 Å². The van der Waals surface area contributed by atoms with Crippen molar-refractivity contribution in [2.45, 2.75) is 6.42 Å². The minimum Gasteiger partial charge on any atom is -0.492 e. The van der Waals surface area contributed by atoms with Gasteiger partial charge in [-0.1, -0.05) is 54.6 Å². The number of ether oxygens (including phenoxy) is 1. The second kappa shape index (κ2) is 12.8. The van der Waals surface area contributed by atoms with Crippen LogP contribution in [0.3, 0.4) is 0 Å². The third kappa shape index (κ3) is 7.73. The van der Waals surface area contributed by atoms with Crippen LogP contribution in [0.15, 0.2) is 108 Å². The summed E-state index contributed by atoms with van der Waals surface area (Å²) in [6.45, 7) is 0.521. The molecule has 0 saturated heterocycles. The van der Waals surface area contributed by atoms with E-state index in [0.717, 1.165) is 6.42 Å². The van der Waals surface area contributed by atoms with E-state index in [1.807, 2.05) is 24.3 Å². The molecule has 0 atom stereocenters. The molecular formula is C29H24BrN3O3S. The number of nitrogens with one attached hydrogen (secondary N) is 3. The van der Waals surface area contributed by atoms with Gasteiger partial charge in [0.25, 0.3) is 11.8 Å². The SMILES string of the molecule is O=C(NC(=S)Nc1cccc(NC(=O)c2ccccc2)c1)c1ccc(OCCc2ccccc2)c(Br)c1. The van der Waals surface area contributed by atoms with Gasteiger partial charge >= 0.3 is 0 Å². The molecule has 0 unspecified atom stereocenters. The van der Waals surface area contributed by atoms with Crippen molar-refractivity contribution in [3.63, 3.8) is 0 Å². The van der Waals surface area contributed by atoms with Crippen molar-refractivity contribution in [3.05, 3.63) is 124 Å². The molecule has 8 heteroatoms. The molecule has 3 N–H and O–H groups in total. The van der Waals surface area contributed by atoms with Crippen molar-refractivity contribution in [3.8, 4) is 5.75 Å². The van der Waals surface area contributed by atoms with Gasteiger partial charge in [0.15, 0.2) is 5.11 Å². The fourth-order valence-electron chi connectivity index (χ4n) is 3.49. The molecule has 2 amide bonds. The van der Waals surface area contributed by atoms with Gasteiger partial charge in [-0.05, 0) is 82.2 Å². The smallest absolute Gasteiger partial charge is 0.257 e. The molecular weight excluding hydrogens is 550 g/mol. The van der Waals surface area contributed by atoms with Gasteiger partial charge < -0.3 is 15.4 Å². The molecule has 0 radical (unpaired) electrons. The summed E-state index contributed by atoms with van der Waals surface area (Å²) in [6.07, 6.45) is 0.784. The molecule has 0 aromatic heterocycles. The van der Waals surface area contributed by atoms with E-state index in [0.29, 0.717) is 39.3 Å². The van der Waals surface area contributed by atoms with Crippen LogP contribution in [-0.4, -0.2) is 23.5 Å². The van der Waals surface area contributed by atoms with E-state index >= 15 is 0 Å². The summed E-state index contributed by atoms with van der Waals surface area (Å²) in [6, 6.07) is 31.2. The predicted molar refractivity (Wildman–Crippen MR) is 154 cm³/mol. The number of hydrogen-bond donors (Lipinski definition) is 3. The Morgan fingerprint density at radius 3 is 2.11 bits per heavy atom. The standard InChI is InChI=1S/C29H24BrN3O3S/c30-25-18-22(14-15-26(25)36-17-16-20-8-3-1-4-9-20)28(35)33-29(37)32-24-13-7-12-23(19-24)31-27(34)21-10-5-2-6-11-21/h1-15,18-19H,16-17H2,(H,31,34)(H2,32,33,35,37). The number of carbonyl (C=O) groups is 2. The maximum absolute atomic E-state index is 12.7. The Morgan fingerprint density at radius 1 is 0.730 bits per heavy atom. The minimum absolute atomic E-state index is 0.135. The number of amides is 2. The normalized spacial score (nSPS) is 10.3. The van der Waals surface area contributed by atoms with E-state index in [-0.39, 0.29) is 16.9 Å². The molecule has 0 spiro atoms. The Bertz CT molecular complexity index is 1400. The summed E-state index contributed by atoms with van der Waals surface area (Å²) in [5.41, 5.74) is 3.40. The van der Waals surface area contributed by atoms with Crippen LogP contribution in [0.4, 0.5) is 11.4 Å². The minimum atomic E-state index is -0.359. The highest BCUT2D eigenvalue weighted by Crippen LogP contribution is 2.26. The number of carbonyl (C=O) groups excluding carboxylic acids is 2. The third-order valence-corrected chi connectivity index (χ3v) is 6.15. The number of halogens is 1. The van der Waals surface area contributed by atoms with Gasteiger partial charge in [-0.15, -0.1) is 0 Å². The van der Waals surface area contributed by atoms with Crippen molar-refractivity contribution in [1.82, 2.24) is 5.32 Å². The fraction of sp³-hybridized carbons (Fsp3) is 0.0690. The molecule has 4 rings (SSSR count). The van der Waals surface area contributed by atoms with Crippen molar-refractivity contribution >= 4 is 56.4 Å². The van der Waals surface area contributed by atoms with Crippen molar-refractivity contribution < 1.29 is 14.3 Å². The maximum Gasteiger partial charge on any atom is 0.257 e. The average Bonchev–Trinajstić information content (AvgIpc) is 2.90. The zero-order valence-electron chi connectivity index (χ0n) is 19.7. The summed E-state index contributed by atoms with van der Waals surface area (Å²) in [5.74, 6) is 0.0804. The first-order chi connectivity index (χ1) is 18.0. The van der Waals surface area contributed by atoms with Crippen molar-refractivity contribution in [2.75, 3.05) is 17.2 Å². The molecule has 0 aliphatic heterocycles. The van der Waals surface area contributed by atoms with Crippen molar-refractivity contribution in [2.24, 2.45) is 0 Å². The van der Waals surface area contributed by atoms with Crippen LogP contribution in [0.1, 0.15) is 26.3 Å². The second-order valence-corrected chi connectivity index (χ2v) is 9.30. The lowest BCUT2D eigenvalue weighted by atomic mass is 10.2. The molecule has 0 saturated carbocycles. The third-order valence-electron chi connectivity index (χ3n) is 5.33. The summed E-state index contributed by atoms with van der Waals surface area (Å²) in [5, 5.41) is 8.63. The fourth-order valence-corrected chi connectivity index (χ4v) is 4.19. The van der Waals surface area contributed by atoms with E-state index < -0.39 is 0 Å². The lowest BCUT2D eigenvalue weighted by molar-refractivity contribution is 0.0976. The first-order valence-electron chi connectivity index (χ1n) is 11.5. The first-order valence-corrected chi connectivity index (χ1v) is 12.7. The van der Waals surface area contributed by atoms with E-state index in [4.69, 9.17) is 17.0 Å². The summed E-state index contributed by atoms with van der Waals surface area (Å²) in [7, 11) is 0. The highest BCUT2D eigenvalue weighted by molar-refractivity contribution is 9.10. The number of anilines is 2. The zero-order chi connectivity index (χ0) is 26.0. The van der Waals surface area contributed by atoms with Crippen molar-refractivity contribution in [1.29, 1.82) is 0 Å². The Hall–Kier alpha value is -4.01. The molecule has 37 heavy (non-hydrogen) atoms. The second-order valence-electron chi connectivity index (χ2n) is 8.04. The lowest BCUT2D eigenvalue weighted by Crippen LogP contribution is -2.34. The van der Waals surface area contributed by atoms with Gasteiger partial charge in [-0.25, -0.2) is 0 Å². The van der Waals surface area contributed by atoms with E-state index in [1.165, 1.54) is 5.56 Å². The first kappa shape index (κ1) is 26.1. The largest absolute Gasteiger partial charge is 0.492 e. The number of benzene rings is 4. The van der Waals surface area contributed by atoms with E-state index in [9.17, 15) is 9.59 Å². The summed E-state index contributed by atoms with van der Waals surface area (Å²) >= 11 is 8.79. The van der Waals surface area contributed by atoms with Crippen LogP contribution in [-0.2, 0) is 6.42 Å². The summed E-state index contributed by atoms with van der Waals surface area (Å²) < 4.78 is 6.53. The zero-order valence-corrected chi connectivity index (χ0v) is 22.1. The molecule has 4 aromatic carbocycles. The monoisotopic (exact) mass is 573 g/mol. The van der Waals surface area contributed by atoms with Gasteiger partial charge in [0, 0.05) is 28.9 Å². The Balaban J connectivity index is 1.29. The molecule has 0 fully saturated rings. The Labute approximate surface area is 229 Å². The van der Waals surface area contributed by atoms with E-state index in [1.54, 1.807) is 66.7 Å². The average molecular weight is 575 g/mol. The van der Waals surface area contributed by atoms with Gasteiger partial charge in [-0.2, -0.15) is 0 Å². The highest BCUT2D eigenvalue weighted by atomic mass is 79.9. The Morgan fingerprint density at radius 2 is 1.41 bits per heavy atom. The van der Waals surface area contributed by atoms with Crippen LogP contribution in [0.2, 0.25) is 0 Å². The molecule has 4 aromatic rings. The Kier molecular flexibility index (Phi) is 9.02. The van der Waals surface area contributed by atoms with Gasteiger partial charge in [-0.3, -0.25) is 14.9 Å².